The summed E-state index contributed by atoms with van der Waals surface area (Å²) in [4.78, 5) is 25.1. The minimum absolute atomic E-state index is 0.0476. The van der Waals surface area contributed by atoms with E-state index in [9.17, 15) is 9.59 Å². The first-order valence-electron chi connectivity index (χ1n) is 10.4. The molecule has 6 heteroatoms. The number of pyridine rings is 1. The van der Waals surface area contributed by atoms with Gasteiger partial charge in [0.1, 0.15) is 11.3 Å². The Kier molecular flexibility index (Phi) is 7.76. The van der Waals surface area contributed by atoms with Gasteiger partial charge in [-0.15, -0.1) is 0 Å². The Hall–Kier alpha value is -3.67. The molecule has 6 nitrogen and oxygen atoms in total. The number of benzene rings is 2. The van der Waals surface area contributed by atoms with E-state index in [0.29, 0.717) is 13.2 Å². The zero-order valence-electron chi connectivity index (χ0n) is 17.9. The number of ether oxygens (including phenoxy) is 1. The lowest BCUT2D eigenvalue weighted by Crippen LogP contribution is -2.30. The highest BCUT2D eigenvalue weighted by Gasteiger charge is 2.11. The predicted octanol–water partition coefficient (Wildman–Crippen LogP) is 4.15. The smallest absolute Gasteiger partial charge is 0.276 e. The van der Waals surface area contributed by atoms with Crippen LogP contribution in [0.1, 0.15) is 46.8 Å². The number of carbonyl (C=O) groups is 1. The largest absolute Gasteiger partial charge is 0.494 e. The summed E-state index contributed by atoms with van der Waals surface area (Å²) in [5.74, 6) is 0.257. The Morgan fingerprint density at radius 1 is 1.10 bits per heavy atom. The Balaban J connectivity index is 1.61. The molecule has 3 rings (SSSR count). The third kappa shape index (κ3) is 6.40. The van der Waals surface area contributed by atoms with Gasteiger partial charge in [0.25, 0.3) is 11.5 Å². The van der Waals surface area contributed by atoms with E-state index in [0.717, 1.165) is 35.3 Å². The molecule has 0 atom stereocenters. The SMILES string of the molecule is CCCCOc1ccc(/C=N\NC(=O)c2cccn(Cc3ccc(C)cc3)c2=O)cc1. The summed E-state index contributed by atoms with van der Waals surface area (Å²) in [5, 5.41) is 3.97. The third-order valence-corrected chi connectivity index (χ3v) is 4.76. The molecule has 31 heavy (non-hydrogen) atoms. The van der Waals surface area contributed by atoms with E-state index >= 15 is 0 Å². The van der Waals surface area contributed by atoms with Crippen LogP contribution < -0.4 is 15.7 Å². The van der Waals surface area contributed by atoms with Gasteiger partial charge in [-0.1, -0.05) is 43.2 Å². The van der Waals surface area contributed by atoms with Crippen molar-refractivity contribution < 1.29 is 9.53 Å². The van der Waals surface area contributed by atoms with Crippen LogP contribution in [-0.4, -0.2) is 23.3 Å². The number of nitrogens with zero attached hydrogens (tertiary/aromatic N) is 2. The summed E-state index contributed by atoms with van der Waals surface area (Å²) in [6, 6.07) is 18.6. The van der Waals surface area contributed by atoms with Crippen molar-refractivity contribution in [3.63, 3.8) is 0 Å². The second kappa shape index (κ2) is 10.9. The average molecular weight is 418 g/mol. The second-order valence-electron chi connectivity index (χ2n) is 7.31. The van der Waals surface area contributed by atoms with E-state index in [1.807, 2.05) is 55.5 Å². The molecule has 1 heterocycles. The van der Waals surface area contributed by atoms with Gasteiger partial charge in [0.05, 0.1) is 19.4 Å². The number of hydrogen-bond acceptors (Lipinski definition) is 4. The zero-order chi connectivity index (χ0) is 22.1. The molecule has 160 valence electrons. The molecule has 1 aromatic heterocycles. The topological polar surface area (TPSA) is 72.7 Å². The number of rotatable bonds is 9. The molecule has 3 aromatic rings. The minimum Gasteiger partial charge on any atom is -0.494 e. The number of amides is 1. The molecule has 0 saturated carbocycles. The first-order chi connectivity index (χ1) is 15.1. The fraction of sp³-hybridized carbons (Fsp3) is 0.240. The number of aromatic nitrogens is 1. The van der Waals surface area contributed by atoms with Gasteiger partial charge in [0.15, 0.2) is 0 Å². The maximum absolute atomic E-state index is 12.7. The van der Waals surface area contributed by atoms with E-state index in [-0.39, 0.29) is 11.1 Å². The van der Waals surface area contributed by atoms with E-state index < -0.39 is 5.91 Å². The Morgan fingerprint density at radius 2 is 1.84 bits per heavy atom. The highest BCUT2D eigenvalue weighted by Crippen LogP contribution is 2.11. The van der Waals surface area contributed by atoms with Gasteiger partial charge in [-0.2, -0.15) is 5.10 Å². The molecule has 0 aliphatic heterocycles. The summed E-state index contributed by atoms with van der Waals surface area (Å²) in [5.41, 5.74) is 5.08. The molecule has 1 N–H and O–H groups in total. The van der Waals surface area contributed by atoms with Crippen LogP contribution in [0.3, 0.4) is 0 Å². The molecular formula is C25H27N3O3. The minimum atomic E-state index is -0.543. The number of unbranched alkanes of at least 4 members (excludes halogenated alkanes) is 1. The molecule has 0 aliphatic rings. The summed E-state index contributed by atoms with van der Waals surface area (Å²) in [7, 11) is 0. The Morgan fingerprint density at radius 3 is 2.55 bits per heavy atom. The van der Waals surface area contributed by atoms with Crippen molar-refractivity contribution in [3.05, 3.63) is 99.5 Å². The molecule has 0 aliphatic carbocycles. The van der Waals surface area contributed by atoms with Crippen LogP contribution in [0.4, 0.5) is 0 Å². The number of carbonyl (C=O) groups excluding carboxylic acids is 1. The fourth-order valence-corrected chi connectivity index (χ4v) is 2.93. The van der Waals surface area contributed by atoms with Crippen LogP contribution in [0.2, 0.25) is 0 Å². The van der Waals surface area contributed by atoms with E-state index in [1.54, 1.807) is 12.3 Å². The third-order valence-electron chi connectivity index (χ3n) is 4.76. The number of hydrazone groups is 1. The first-order valence-corrected chi connectivity index (χ1v) is 10.4. The molecule has 0 spiro atoms. The highest BCUT2D eigenvalue weighted by molar-refractivity contribution is 5.94. The van der Waals surface area contributed by atoms with Gasteiger partial charge in [-0.3, -0.25) is 9.59 Å². The lowest BCUT2D eigenvalue weighted by Gasteiger charge is -2.08. The normalized spacial score (nSPS) is 10.9. The van der Waals surface area contributed by atoms with Gasteiger partial charge in [-0.25, -0.2) is 5.43 Å². The van der Waals surface area contributed by atoms with Crippen LogP contribution in [-0.2, 0) is 6.54 Å². The number of nitrogens with one attached hydrogen (secondary N) is 1. The molecule has 0 unspecified atom stereocenters. The summed E-state index contributed by atoms with van der Waals surface area (Å²) >= 11 is 0. The van der Waals surface area contributed by atoms with E-state index in [4.69, 9.17) is 4.74 Å². The highest BCUT2D eigenvalue weighted by atomic mass is 16.5. The lowest BCUT2D eigenvalue weighted by atomic mass is 10.1. The average Bonchev–Trinajstić information content (AvgIpc) is 2.78. The van der Waals surface area contributed by atoms with Crippen molar-refractivity contribution in [2.75, 3.05) is 6.61 Å². The fourth-order valence-electron chi connectivity index (χ4n) is 2.93. The van der Waals surface area contributed by atoms with Gasteiger partial charge < -0.3 is 9.30 Å². The van der Waals surface area contributed by atoms with Crippen molar-refractivity contribution >= 4 is 12.1 Å². The van der Waals surface area contributed by atoms with Crippen molar-refractivity contribution in [2.24, 2.45) is 5.10 Å². The van der Waals surface area contributed by atoms with Crippen LogP contribution in [0, 0.1) is 6.92 Å². The Labute approximate surface area is 182 Å². The standard InChI is InChI=1S/C25H27N3O3/c1-3-4-16-31-22-13-11-20(12-14-22)17-26-27-24(29)23-6-5-15-28(25(23)30)18-21-9-7-19(2)8-10-21/h5-15,17H,3-4,16,18H2,1-2H3,(H,27,29)/b26-17-. The summed E-state index contributed by atoms with van der Waals surface area (Å²) in [6.07, 6.45) is 5.30. The Bertz CT molecular complexity index is 1080. The quantitative estimate of drug-likeness (QED) is 0.323. The molecule has 0 bridgehead atoms. The first kappa shape index (κ1) is 22.0. The maximum Gasteiger partial charge on any atom is 0.276 e. The summed E-state index contributed by atoms with van der Waals surface area (Å²) < 4.78 is 7.14. The molecular weight excluding hydrogens is 390 g/mol. The van der Waals surface area contributed by atoms with Crippen molar-refractivity contribution in [1.29, 1.82) is 0 Å². The van der Waals surface area contributed by atoms with Crippen LogP contribution in [0.15, 0.2) is 76.8 Å². The van der Waals surface area contributed by atoms with Crippen molar-refractivity contribution in [3.8, 4) is 5.75 Å². The molecule has 0 fully saturated rings. The molecule has 0 saturated heterocycles. The van der Waals surface area contributed by atoms with Crippen LogP contribution in [0.5, 0.6) is 5.75 Å². The number of hydrogen-bond donors (Lipinski definition) is 1. The van der Waals surface area contributed by atoms with Gasteiger partial charge in [-0.05, 0) is 60.9 Å². The lowest BCUT2D eigenvalue weighted by molar-refractivity contribution is 0.0953. The summed E-state index contributed by atoms with van der Waals surface area (Å²) in [6.45, 7) is 5.22. The van der Waals surface area contributed by atoms with Crippen molar-refractivity contribution in [2.45, 2.75) is 33.2 Å². The molecule has 1 amide bonds. The van der Waals surface area contributed by atoms with Gasteiger partial charge in [0.2, 0.25) is 0 Å². The van der Waals surface area contributed by atoms with Crippen LogP contribution in [0.25, 0.3) is 0 Å². The maximum atomic E-state index is 12.7. The predicted molar refractivity (Wildman–Crippen MR) is 123 cm³/mol. The van der Waals surface area contributed by atoms with Gasteiger partial charge in [0, 0.05) is 6.20 Å². The zero-order valence-corrected chi connectivity index (χ0v) is 17.9. The van der Waals surface area contributed by atoms with E-state index in [1.165, 1.54) is 16.8 Å². The van der Waals surface area contributed by atoms with Gasteiger partial charge >= 0.3 is 0 Å². The van der Waals surface area contributed by atoms with Crippen LogP contribution >= 0.6 is 0 Å². The van der Waals surface area contributed by atoms with E-state index in [2.05, 4.69) is 17.5 Å². The second-order valence-corrected chi connectivity index (χ2v) is 7.31. The van der Waals surface area contributed by atoms with Crippen molar-refractivity contribution in [1.82, 2.24) is 9.99 Å². The number of aryl methyl sites for hydroxylation is 1. The molecule has 2 aromatic carbocycles. The molecule has 0 radical (unpaired) electrons. The monoisotopic (exact) mass is 417 g/mol.